The molecule has 10 atom stereocenters. The topological polar surface area (TPSA) is 190 Å². The van der Waals surface area contributed by atoms with Gasteiger partial charge in [0.05, 0.1) is 18.8 Å². The lowest BCUT2D eigenvalue weighted by Crippen LogP contribution is -2.62. The van der Waals surface area contributed by atoms with Crippen molar-refractivity contribution in [3.8, 4) is 0 Å². The molecule has 11 heteroatoms. The number of rotatable bonds is 12. The first-order valence-corrected chi connectivity index (χ1v) is 11.0. The maximum absolute atomic E-state index is 10.5. The van der Waals surface area contributed by atoms with Gasteiger partial charge in [-0.05, 0) is 6.42 Å². The molecule has 0 unspecified atom stereocenters. The molecule has 2 rings (SSSR count). The number of ether oxygens (including phenoxy) is 3. The van der Waals surface area contributed by atoms with Crippen molar-refractivity contribution in [1.82, 2.24) is 0 Å². The summed E-state index contributed by atoms with van der Waals surface area (Å²) >= 11 is 0. The second-order valence-electron chi connectivity index (χ2n) is 8.47. The average molecular weight is 455 g/mol. The first-order chi connectivity index (χ1) is 14.7. The van der Waals surface area contributed by atoms with Gasteiger partial charge >= 0.3 is 0 Å². The smallest absolute Gasteiger partial charge is 0.223 e. The zero-order valence-corrected chi connectivity index (χ0v) is 17.9. The van der Waals surface area contributed by atoms with Crippen LogP contribution >= 0.6 is 0 Å². The molecule has 2 saturated heterocycles. The molecule has 31 heavy (non-hydrogen) atoms. The fraction of sp³-hybridized carbons (Fsp3) is 1.00. The van der Waals surface area contributed by atoms with Gasteiger partial charge in [-0.25, -0.2) is 0 Å². The van der Waals surface area contributed by atoms with Gasteiger partial charge < -0.3 is 55.1 Å². The number of aliphatic hydroxyl groups excluding tert-OH is 8. The second kappa shape index (κ2) is 12.1. The molecule has 2 heterocycles. The molecule has 0 aromatic rings. The first-order valence-electron chi connectivity index (χ1n) is 11.0. The Morgan fingerprint density at radius 1 is 0.871 bits per heavy atom. The lowest BCUT2D eigenvalue weighted by Gasteiger charge is -2.43. The number of hydrogen-bond acceptors (Lipinski definition) is 11. The molecule has 0 amide bonds. The molecular formula is C20H38O11. The molecule has 0 aromatic carbocycles. The fourth-order valence-corrected chi connectivity index (χ4v) is 4.04. The summed E-state index contributed by atoms with van der Waals surface area (Å²) in [7, 11) is 0. The minimum absolute atomic E-state index is 0.00814. The van der Waals surface area contributed by atoms with Crippen LogP contribution in [0.25, 0.3) is 0 Å². The Kier molecular flexibility index (Phi) is 10.5. The molecule has 2 fully saturated rings. The van der Waals surface area contributed by atoms with Gasteiger partial charge in [-0.3, -0.25) is 0 Å². The van der Waals surface area contributed by atoms with E-state index in [1.807, 2.05) is 0 Å². The lowest BCUT2D eigenvalue weighted by atomic mass is 9.98. The van der Waals surface area contributed by atoms with Crippen molar-refractivity contribution in [2.24, 2.45) is 0 Å². The van der Waals surface area contributed by atoms with Crippen LogP contribution in [0.4, 0.5) is 0 Å². The largest absolute Gasteiger partial charge is 0.394 e. The van der Waals surface area contributed by atoms with E-state index in [0.717, 1.165) is 32.1 Å². The van der Waals surface area contributed by atoms with E-state index in [1.165, 1.54) is 0 Å². The van der Waals surface area contributed by atoms with Gasteiger partial charge in [-0.2, -0.15) is 0 Å². The van der Waals surface area contributed by atoms with Gasteiger partial charge in [0.1, 0.15) is 43.2 Å². The Labute approximate surface area is 181 Å². The normalized spacial score (nSPS) is 42.1. The van der Waals surface area contributed by atoms with E-state index in [9.17, 15) is 40.9 Å². The average Bonchev–Trinajstić information content (AvgIpc) is 2.98. The SMILES string of the molecule is CCCCCCC[C@@H](O)C[C@@H]1O[C@@](CO)(O[C@H]2O[C@@H](CO)[C@H](O)[C@@H](O)[C@@H]2O)[C@H](O)[C@H]1O. The third-order valence-corrected chi connectivity index (χ3v) is 6.04. The molecule has 0 radical (unpaired) electrons. The van der Waals surface area contributed by atoms with Crippen molar-refractivity contribution in [2.45, 2.75) is 113 Å². The van der Waals surface area contributed by atoms with Gasteiger partial charge in [-0.1, -0.05) is 39.0 Å². The third-order valence-electron chi connectivity index (χ3n) is 6.04. The predicted octanol–water partition coefficient (Wildman–Crippen LogP) is -2.28. The zero-order chi connectivity index (χ0) is 23.2. The Bertz CT molecular complexity index is 521. The van der Waals surface area contributed by atoms with Gasteiger partial charge in [0.25, 0.3) is 0 Å². The number of unbranched alkanes of at least 4 members (excludes halogenated alkanes) is 4. The van der Waals surface area contributed by atoms with Crippen molar-refractivity contribution in [3.05, 3.63) is 0 Å². The summed E-state index contributed by atoms with van der Waals surface area (Å²) in [6, 6.07) is 0. The van der Waals surface area contributed by atoms with E-state index in [1.54, 1.807) is 0 Å². The van der Waals surface area contributed by atoms with Gasteiger partial charge in [-0.15, -0.1) is 0 Å². The lowest BCUT2D eigenvalue weighted by molar-refractivity contribution is -0.383. The molecule has 0 saturated carbocycles. The van der Waals surface area contributed by atoms with E-state index < -0.39 is 74.1 Å². The van der Waals surface area contributed by atoms with E-state index >= 15 is 0 Å². The fourth-order valence-electron chi connectivity index (χ4n) is 4.04. The summed E-state index contributed by atoms with van der Waals surface area (Å²) in [4.78, 5) is 0. The van der Waals surface area contributed by atoms with Crippen molar-refractivity contribution < 1.29 is 55.1 Å². The van der Waals surface area contributed by atoms with Crippen molar-refractivity contribution in [1.29, 1.82) is 0 Å². The molecule has 0 bridgehead atoms. The first kappa shape index (κ1) is 26.8. The van der Waals surface area contributed by atoms with Gasteiger partial charge in [0, 0.05) is 6.42 Å². The van der Waals surface area contributed by atoms with Gasteiger partial charge in [0.2, 0.25) is 5.79 Å². The molecular weight excluding hydrogens is 416 g/mol. The number of hydrogen-bond donors (Lipinski definition) is 8. The summed E-state index contributed by atoms with van der Waals surface area (Å²) < 4.78 is 16.3. The zero-order valence-electron chi connectivity index (χ0n) is 17.9. The van der Waals surface area contributed by atoms with Crippen LogP contribution in [0.2, 0.25) is 0 Å². The van der Waals surface area contributed by atoms with Crippen LogP contribution in [-0.4, -0.2) is 115 Å². The monoisotopic (exact) mass is 454 g/mol. The summed E-state index contributed by atoms with van der Waals surface area (Å²) in [6.45, 7) is 0.499. The van der Waals surface area contributed by atoms with Crippen LogP contribution in [0, 0.1) is 0 Å². The molecule has 11 nitrogen and oxygen atoms in total. The van der Waals surface area contributed by atoms with Gasteiger partial charge in [0.15, 0.2) is 6.29 Å². The quantitative estimate of drug-likeness (QED) is 0.148. The number of aliphatic hydroxyl groups is 8. The predicted molar refractivity (Wildman–Crippen MR) is 106 cm³/mol. The summed E-state index contributed by atoms with van der Waals surface area (Å²) in [6.07, 6.45) is -7.55. The van der Waals surface area contributed by atoms with Crippen molar-refractivity contribution in [3.63, 3.8) is 0 Å². The molecule has 2 aliphatic rings. The maximum Gasteiger partial charge on any atom is 0.223 e. The van der Waals surface area contributed by atoms with Crippen LogP contribution in [0.3, 0.4) is 0 Å². The molecule has 0 spiro atoms. The Morgan fingerprint density at radius 3 is 2.16 bits per heavy atom. The highest BCUT2D eigenvalue weighted by atomic mass is 16.8. The van der Waals surface area contributed by atoms with E-state index in [2.05, 4.69) is 6.92 Å². The summed E-state index contributed by atoms with van der Waals surface area (Å²) in [5, 5.41) is 80.2. The van der Waals surface area contributed by atoms with Crippen LogP contribution in [-0.2, 0) is 14.2 Å². The molecule has 0 aliphatic carbocycles. The van der Waals surface area contributed by atoms with Crippen LogP contribution < -0.4 is 0 Å². The van der Waals surface area contributed by atoms with E-state index in [4.69, 9.17) is 14.2 Å². The van der Waals surface area contributed by atoms with E-state index in [0.29, 0.717) is 6.42 Å². The van der Waals surface area contributed by atoms with Crippen LogP contribution in [0.5, 0.6) is 0 Å². The molecule has 0 aromatic heterocycles. The third kappa shape index (κ3) is 6.33. The maximum atomic E-state index is 10.5. The highest BCUT2D eigenvalue weighted by Crippen LogP contribution is 2.37. The summed E-state index contributed by atoms with van der Waals surface area (Å²) in [5.74, 6) is -2.20. The second-order valence-corrected chi connectivity index (χ2v) is 8.47. The van der Waals surface area contributed by atoms with Crippen LogP contribution in [0.15, 0.2) is 0 Å². The Morgan fingerprint density at radius 2 is 1.55 bits per heavy atom. The molecule has 2 aliphatic heterocycles. The Balaban J connectivity index is 1.99. The van der Waals surface area contributed by atoms with Crippen molar-refractivity contribution >= 4 is 0 Å². The Hall–Kier alpha value is -0.440. The van der Waals surface area contributed by atoms with E-state index in [-0.39, 0.29) is 6.42 Å². The standard InChI is InChI=1S/C20H38O11/c1-2-3-4-5-6-7-11(23)8-12-15(25)18(28)20(10-22,30-12)31-19-17(27)16(26)14(24)13(9-21)29-19/h11-19,21-28H,2-10H2,1H3/t11-,12+,13+,14+,15+,16-,17+,18-,19-,20+/m1/s1. The van der Waals surface area contributed by atoms with Crippen LogP contribution in [0.1, 0.15) is 51.9 Å². The summed E-state index contributed by atoms with van der Waals surface area (Å²) in [5.41, 5.74) is 0. The molecule has 184 valence electrons. The van der Waals surface area contributed by atoms with Crippen molar-refractivity contribution in [2.75, 3.05) is 13.2 Å². The highest BCUT2D eigenvalue weighted by Gasteiger charge is 2.58. The highest BCUT2D eigenvalue weighted by molar-refractivity contribution is 4.99. The minimum atomic E-state index is -2.20. The minimum Gasteiger partial charge on any atom is -0.394 e. The molecule has 8 N–H and O–H groups in total.